The summed E-state index contributed by atoms with van der Waals surface area (Å²) < 4.78 is 13.0. The predicted octanol–water partition coefficient (Wildman–Crippen LogP) is 10.4. The normalized spacial score (nSPS) is 22.1. The second-order valence-electron chi connectivity index (χ2n) is 17.7. The van der Waals surface area contributed by atoms with Gasteiger partial charge in [0.1, 0.15) is 17.0 Å². The maximum atomic E-state index is 13.1. The van der Waals surface area contributed by atoms with Crippen LogP contribution >= 0.6 is 11.6 Å². The van der Waals surface area contributed by atoms with E-state index in [2.05, 4.69) is 52.6 Å². The fourth-order valence-corrected chi connectivity index (χ4v) is 10.5. The number of aryl methyl sites for hydroxylation is 1. The Kier molecular flexibility index (Phi) is 13.0. The fourth-order valence-electron chi connectivity index (χ4n) is 10.3. The van der Waals surface area contributed by atoms with Crippen molar-refractivity contribution in [2.24, 2.45) is 11.8 Å². The number of carboxylic acid groups (broad SMARTS) is 1. The van der Waals surface area contributed by atoms with E-state index in [1.54, 1.807) is 18.3 Å². The molecule has 8 rings (SSSR count). The number of pyridine rings is 2. The summed E-state index contributed by atoms with van der Waals surface area (Å²) in [6.45, 7) is 6.14. The molecule has 0 aliphatic heterocycles. The van der Waals surface area contributed by atoms with Crippen LogP contribution in [0.1, 0.15) is 99.1 Å². The van der Waals surface area contributed by atoms with E-state index in [1.807, 2.05) is 66.9 Å². The van der Waals surface area contributed by atoms with Gasteiger partial charge in [-0.3, -0.25) is 14.8 Å². The highest BCUT2D eigenvalue weighted by Gasteiger charge is 2.54. The van der Waals surface area contributed by atoms with E-state index in [0.717, 1.165) is 66.8 Å². The van der Waals surface area contributed by atoms with Gasteiger partial charge in [-0.2, -0.15) is 0 Å². The van der Waals surface area contributed by atoms with E-state index in [-0.39, 0.29) is 17.2 Å². The standard InChI is InChI=1S/C51H57ClN4O5/c1-34(33-61-46-18-25-54-45-15-5-9-35(2)48(45)46)27-39-30-37-16-17-42(60-26-8-24-55-47(57)29-36-10-6-11-38(28-36)44-14-3-4-23-53-44)32-43(37)50(39)19-21-51(22-20-50,49(58)59)56-41-13-7-12-40(52)31-41/h3-4,6-7,10-14,16-18,23,25,28,31-32,34-35,39,56H,5,8-9,15,19-22,24,26-27,29-30,33H2,1-2H3,(H,55,57)(H,58,59)/t34-,35-,39?,50?,51?/m1/s1. The number of carbonyl (C=O) groups is 2. The number of hydrogen-bond donors (Lipinski definition) is 3. The molecule has 0 radical (unpaired) electrons. The number of halogens is 1. The fraction of sp³-hybridized carbons (Fsp3) is 0.412. The molecule has 1 fully saturated rings. The van der Waals surface area contributed by atoms with Gasteiger partial charge in [-0.05, 0) is 159 Å². The summed E-state index contributed by atoms with van der Waals surface area (Å²) in [7, 11) is 0. The van der Waals surface area contributed by atoms with Crippen LogP contribution in [0.5, 0.6) is 11.5 Å². The van der Waals surface area contributed by atoms with Gasteiger partial charge in [0, 0.05) is 46.5 Å². The first-order valence-corrected chi connectivity index (χ1v) is 22.4. The molecule has 1 spiro atoms. The van der Waals surface area contributed by atoms with Crippen molar-refractivity contribution in [1.82, 2.24) is 15.3 Å². The number of carbonyl (C=O) groups excluding carboxylic acids is 1. The third kappa shape index (κ3) is 9.57. The average molecular weight is 841 g/mol. The van der Waals surface area contributed by atoms with Gasteiger partial charge in [-0.1, -0.05) is 61.8 Å². The topological polar surface area (TPSA) is 123 Å². The monoisotopic (exact) mass is 840 g/mol. The van der Waals surface area contributed by atoms with Crippen molar-refractivity contribution in [2.45, 2.75) is 101 Å². The van der Waals surface area contributed by atoms with Crippen LogP contribution in [-0.2, 0) is 34.3 Å². The molecule has 3 aromatic carbocycles. The molecule has 10 heteroatoms. The molecule has 1 amide bonds. The first kappa shape index (κ1) is 42.3. The Hall–Kier alpha value is -5.41. The van der Waals surface area contributed by atoms with Crippen LogP contribution in [-0.4, -0.2) is 52.2 Å². The van der Waals surface area contributed by atoms with Gasteiger partial charge in [-0.15, -0.1) is 0 Å². The van der Waals surface area contributed by atoms with Gasteiger partial charge in [0.25, 0.3) is 0 Å². The highest BCUT2D eigenvalue weighted by Crippen LogP contribution is 2.57. The van der Waals surface area contributed by atoms with Crippen LogP contribution in [0.15, 0.2) is 103 Å². The second-order valence-corrected chi connectivity index (χ2v) is 18.1. The van der Waals surface area contributed by atoms with Crippen molar-refractivity contribution in [1.29, 1.82) is 0 Å². The number of aliphatic carboxylic acids is 1. The predicted molar refractivity (Wildman–Crippen MR) is 241 cm³/mol. The first-order valence-electron chi connectivity index (χ1n) is 22.0. The molecule has 5 aromatic rings. The maximum absolute atomic E-state index is 13.1. The Balaban J connectivity index is 0.929. The molecule has 0 saturated heterocycles. The zero-order valence-corrected chi connectivity index (χ0v) is 36.1. The van der Waals surface area contributed by atoms with E-state index in [4.69, 9.17) is 21.1 Å². The number of carboxylic acids is 1. The largest absolute Gasteiger partial charge is 0.494 e. The molecule has 2 heterocycles. The van der Waals surface area contributed by atoms with Crippen molar-refractivity contribution in [3.8, 4) is 22.8 Å². The zero-order chi connectivity index (χ0) is 42.4. The van der Waals surface area contributed by atoms with Crippen LogP contribution in [0.3, 0.4) is 0 Å². The third-order valence-corrected chi connectivity index (χ3v) is 13.7. The van der Waals surface area contributed by atoms with Gasteiger partial charge in [0.15, 0.2) is 0 Å². The van der Waals surface area contributed by atoms with Gasteiger partial charge in [-0.25, -0.2) is 4.79 Å². The number of fused-ring (bicyclic) bond motifs is 3. The molecule has 0 bridgehead atoms. The van der Waals surface area contributed by atoms with Gasteiger partial charge < -0.3 is 25.2 Å². The zero-order valence-electron chi connectivity index (χ0n) is 35.3. The molecule has 3 N–H and O–H groups in total. The van der Waals surface area contributed by atoms with Crippen LogP contribution in [0, 0.1) is 11.8 Å². The summed E-state index contributed by atoms with van der Waals surface area (Å²) in [4.78, 5) is 35.1. The van der Waals surface area contributed by atoms with Crippen LogP contribution in [0.4, 0.5) is 5.69 Å². The lowest BCUT2D eigenvalue weighted by Crippen LogP contribution is -2.53. The Morgan fingerprint density at radius 1 is 0.934 bits per heavy atom. The van der Waals surface area contributed by atoms with E-state index in [9.17, 15) is 14.7 Å². The Morgan fingerprint density at radius 3 is 2.59 bits per heavy atom. The lowest BCUT2D eigenvalue weighted by atomic mass is 9.59. The van der Waals surface area contributed by atoms with Crippen molar-refractivity contribution in [3.05, 3.63) is 136 Å². The summed E-state index contributed by atoms with van der Waals surface area (Å²) in [5.74, 6) is 1.95. The molecule has 1 saturated carbocycles. The number of benzene rings is 3. The van der Waals surface area contributed by atoms with Crippen molar-refractivity contribution >= 4 is 29.2 Å². The summed E-state index contributed by atoms with van der Waals surface area (Å²) in [6.07, 6.45) is 12.3. The quantitative estimate of drug-likeness (QED) is 0.0840. The van der Waals surface area contributed by atoms with E-state index in [0.29, 0.717) is 68.0 Å². The molecular weight excluding hydrogens is 784 g/mol. The molecule has 1 unspecified atom stereocenters. The molecular formula is C51H57ClN4O5. The lowest BCUT2D eigenvalue weighted by Gasteiger charge is -2.47. The molecule has 318 valence electrons. The molecule has 61 heavy (non-hydrogen) atoms. The minimum absolute atomic E-state index is 0.0300. The number of nitrogens with one attached hydrogen (secondary N) is 2. The summed E-state index contributed by atoms with van der Waals surface area (Å²) in [5, 5.41) is 17.7. The average Bonchev–Trinajstić information content (AvgIpc) is 3.54. The number of aromatic nitrogens is 2. The van der Waals surface area contributed by atoms with Crippen molar-refractivity contribution in [2.75, 3.05) is 25.1 Å². The molecule has 3 aliphatic carbocycles. The van der Waals surface area contributed by atoms with Gasteiger partial charge in [0.05, 0.1) is 25.3 Å². The molecule has 3 aliphatic rings. The molecule has 2 aromatic heterocycles. The van der Waals surface area contributed by atoms with E-state index in [1.165, 1.54) is 28.8 Å². The van der Waals surface area contributed by atoms with Crippen LogP contribution < -0.4 is 20.1 Å². The summed E-state index contributed by atoms with van der Waals surface area (Å²) in [5.41, 5.74) is 7.26. The number of anilines is 1. The highest BCUT2D eigenvalue weighted by molar-refractivity contribution is 6.30. The highest BCUT2D eigenvalue weighted by atomic mass is 35.5. The Labute approximate surface area is 364 Å². The smallest absolute Gasteiger partial charge is 0.329 e. The van der Waals surface area contributed by atoms with Gasteiger partial charge >= 0.3 is 5.97 Å². The number of amides is 1. The summed E-state index contributed by atoms with van der Waals surface area (Å²) >= 11 is 6.32. The number of hydrogen-bond acceptors (Lipinski definition) is 7. The Morgan fingerprint density at radius 2 is 1.79 bits per heavy atom. The minimum Gasteiger partial charge on any atom is -0.494 e. The van der Waals surface area contributed by atoms with Crippen molar-refractivity contribution < 1.29 is 24.2 Å². The van der Waals surface area contributed by atoms with Crippen LogP contribution in [0.25, 0.3) is 11.3 Å². The number of nitrogens with zero attached hydrogens (tertiary/aromatic N) is 2. The second kappa shape index (κ2) is 18.7. The van der Waals surface area contributed by atoms with Crippen molar-refractivity contribution in [3.63, 3.8) is 0 Å². The van der Waals surface area contributed by atoms with Gasteiger partial charge in [0.2, 0.25) is 5.91 Å². The maximum Gasteiger partial charge on any atom is 0.329 e. The van der Waals surface area contributed by atoms with Crippen LogP contribution in [0.2, 0.25) is 5.02 Å². The SMILES string of the molecule is C[C@@H](COc1ccnc2c1[C@H](C)CCC2)CC1Cc2ccc(OCCCNC(=O)Cc3cccc(-c4ccccn4)c3)cc2C12CCC(Nc1cccc(Cl)c1)(C(=O)O)CC2. The number of ether oxygens (including phenoxy) is 2. The third-order valence-electron chi connectivity index (χ3n) is 13.4. The lowest BCUT2D eigenvalue weighted by molar-refractivity contribution is -0.144. The molecule has 9 nitrogen and oxygen atoms in total. The molecule has 3 atom stereocenters. The minimum atomic E-state index is -1.10. The van der Waals surface area contributed by atoms with E-state index < -0.39 is 11.5 Å². The number of rotatable bonds is 16. The summed E-state index contributed by atoms with van der Waals surface area (Å²) in [6, 6.07) is 29.6. The first-order chi connectivity index (χ1) is 29.6. The van der Waals surface area contributed by atoms with E-state index >= 15 is 0 Å². The Bertz CT molecular complexity index is 2330.